The Labute approximate surface area is 83.8 Å². The van der Waals surface area contributed by atoms with Crippen molar-refractivity contribution >= 4 is 5.91 Å². The maximum atomic E-state index is 11.7. The number of hydrogen-bond donors (Lipinski definition) is 1. The molecule has 4 nitrogen and oxygen atoms in total. The number of nitrogens with zero attached hydrogens (tertiary/aromatic N) is 1. The molecule has 2 aliphatic heterocycles. The third kappa shape index (κ3) is 1.17. The second-order valence-electron chi connectivity index (χ2n) is 4.63. The van der Waals surface area contributed by atoms with Gasteiger partial charge in [0.1, 0.15) is 5.72 Å². The standard InChI is InChI=1S/C10H17NO3/c1-6(12)8-7-4-5-14-10(2,3)11(7)9(8)13/h6-8,12H,4-5H2,1-3H3/t6-,7+,8-/m1/s1. The molecule has 0 unspecified atom stereocenters. The van der Waals surface area contributed by atoms with Crippen molar-refractivity contribution in [3.05, 3.63) is 0 Å². The summed E-state index contributed by atoms with van der Waals surface area (Å²) in [6, 6.07) is 0.172. The molecule has 0 saturated carbocycles. The fourth-order valence-electron chi connectivity index (χ4n) is 2.57. The fraction of sp³-hybridized carbons (Fsp3) is 0.900. The third-order valence-electron chi connectivity index (χ3n) is 3.24. The van der Waals surface area contributed by atoms with E-state index in [1.807, 2.05) is 13.8 Å². The van der Waals surface area contributed by atoms with Crippen LogP contribution >= 0.6 is 0 Å². The molecule has 80 valence electrons. The number of amides is 1. The van der Waals surface area contributed by atoms with E-state index in [9.17, 15) is 9.90 Å². The Bertz CT molecular complexity index is 262. The van der Waals surface area contributed by atoms with Crippen LogP contribution in [0.3, 0.4) is 0 Å². The normalized spacial score (nSPS) is 37.4. The van der Waals surface area contributed by atoms with Crippen LogP contribution in [0.4, 0.5) is 0 Å². The van der Waals surface area contributed by atoms with Crippen molar-refractivity contribution in [1.82, 2.24) is 4.90 Å². The van der Waals surface area contributed by atoms with Gasteiger partial charge in [-0.25, -0.2) is 0 Å². The number of carbonyl (C=O) groups is 1. The molecule has 0 spiro atoms. The van der Waals surface area contributed by atoms with Gasteiger partial charge in [-0.3, -0.25) is 4.79 Å². The van der Waals surface area contributed by atoms with Crippen LogP contribution in [0.2, 0.25) is 0 Å². The lowest BCUT2D eigenvalue weighted by Gasteiger charge is -2.58. The summed E-state index contributed by atoms with van der Waals surface area (Å²) < 4.78 is 5.52. The summed E-state index contributed by atoms with van der Waals surface area (Å²) in [5, 5.41) is 9.46. The fourth-order valence-corrected chi connectivity index (χ4v) is 2.57. The number of aliphatic hydroxyl groups is 1. The maximum Gasteiger partial charge on any atom is 0.232 e. The van der Waals surface area contributed by atoms with E-state index in [1.54, 1.807) is 11.8 Å². The van der Waals surface area contributed by atoms with Gasteiger partial charge in [0, 0.05) is 0 Å². The highest BCUT2D eigenvalue weighted by Gasteiger charge is 2.56. The van der Waals surface area contributed by atoms with Gasteiger partial charge in [-0.2, -0.15) is 0 Å². The summed E-state index contributed by atoms with van der Waals surface area (Å²) in [7, 11) is 0. The predicted octanol–water partition coefficient (Wildman–Crippen LogP) is 0.351. The van der Waals surface area contributed by atoms with E-state index in [1.165, 1.54) is 0 Å². The number of aliphatic hydroxyl groups excluding tert-OH is 1. The molecule has 14 heavy (non-hydrogen) atoms. The Hall–Kier alpha value is -0.610. The minimum Gasteiger partial charge on any atom is -0.393 e. The summed E-state index contributed by atoms with van der Waals surface area (Å²) in [5.74, 6) is -0.187. The van der Waals surface area contributed by atoms with Gasteiger partial charge in [0.15, 0.2) is 0 Å². The highest BCUT2D eigenvalue weighted by Crippen LogP contribution is 2.41. The van der Waals surface area contributed by atoms with E-state index in [-0.39, 0.29) is 17.9 Å². The topological polar surface area (TPSA) is 49.8 Å². The van der Waals surface area contributed by atoms with E-state index in [2.05, 4.69) is 0 Å². The van der Waals surface area contributed by atoms with E-state index in [0.717, 1.165) is 6.42 Å². The van der Waals surface area contributed by atoms with Crippen molar-refractivity contribution < 1.29 is 14.6 Å². The van der Waals surface area contributed by atoms with Gasteiger partial charge < -0.3 is 14.7 Å². The first kappa shape index (κ1) is 9.93. The lowest BCUT2D eigenvalue weighted by molar-refractivity contribution is -0.240. The smallest absolute Gasteiger partial charge is 0.232 e. The quantitative estimate of drug-likeness (QED) is 0.620. The van der Waals surface area contributed by atoms with Crippen LogP contribution in [0.15, 0.2) is 0 Å². The number of ether oxygens (including phenoxy) is 1. The first-order valence-electron chi connectivity index (χ1n) is 5.10. The molecule has 3 atom stereocenters. The van der Waals surface area contributed by atoms with Crippen LogP contribution in [0.25, 0.3) is 0 Å². The molecule has 0 aromatic heterocycles. The molecular formula is C10H17NO3. The lowest BCUT2D eigenvalue weighted by atomic mass is 9.79. The SMILES string of the molecule is C[C@@H](O)[C@H]1C(=O)N2[C@H]1CCOC2(C)C. The Morgan fingerprint density at radius 1 is 1.64 bits per heavy atom. The third-order valence-corrected chi connectivity index (χ3v) is 3.24. The summed E-state index contributed by atoms with van der Waals surface area (Å²) in [6.45, 7) is 6.15. The zero-order valence-electron chi connectivity index (χ0n) is 8.86. The zero-order valence-corrected chi connectivity index (χ0v) is 8.86. The minimum absolute atomic E-state index is 0.0229. The predicted molar refractivity (Wildman–Crippen MR) is 50.5 cm³/mol. The van der Waals surface area contributed by atoms with Crippen molar-refractivity contribution in [2.24, 2.45) is 5.92 Å². The van der Waals surface area contributed by atoms with Crippen LogP contribution in [0.5, 0.6) is 0 Å². The first-order valence-corrected chi connectivity index (χ1v) is 5.10. The Kier molecular flexibility index (Phi) is 2.08. The number of carbonyl (C=O) groups excluding carboxylic acids is 1. The van der Waals surface area contributed by atoms with Crippen LogP contribution in [-0.4, -0.2) is 40.4 Å². The second-order valence-corrected chi connectivity index (χ2v) is 4.63. The van der Waals surface area contributed by atoms with Crippen molar-refractivity contribution in [2.45, 2.75) is 45.1 Å². The largest absolute Gasteiger partial charge is 0.393 e. The second kappa shape index (κ2) is 2.94. The lowest BCUT2D eigenvalue weighted by Crippen LogP contribution is -2.73. The van der Waals surface area contributed by atoms with Gasteiger partial charge in [0.05, 0.1) is 24.7 Å². The van der Waals surface area contributed by atoms with Gasteiger partial charge in [0.2, 0.25) is 5.91 Å². The van der Waals surface area contributed by atoms with E-state index in [0.29, 0.717) is 6.61 Å². The molecule has 0 aromatic carbocycles. The van der Waals surface area contributed by atoms with Crippen LogP contribution in [0.1, 0.15) is 27.2 Å². The molecule has 2 aliphatic rings. The van der Waals surface area contributed by atoms with Crippen molar-refractivity contribution in [3.63, 3.8) is 0 Å². The van der Waals surface area contributed by atoms with Crippen molar-refractivity contribution in [1.29, 1.82) is 0 Å². The van der Waals surface area contributed by atoms with Crippen LogP contribution < -0.4 is 0 Å². The average molecular weight is 199 g/mol. The van der Waals surface area contributed by atoms with Crippen LogP contribution in [-0.2, 0) is 9.53 Å². The number of β-lactam (4-membered cyclic amide) rings is 1. The van der Waals surface area contributed by atoms with Crippen LogP contribution in [0, 0.1) is 5.92 Å². The van der Waals surface area contributed by atoms with Gasteiger partial charge in [-0.05, 0) is 27.2 Å². The molecule has 0 aliphatic carbocycles. The van der Waals surface area contributed by atoms with Crippen molar-refractivity contribution in [2.75, 3.05) is 6.61 Å². The highest BCUT2D eigenvalue weighted by molar-refractivity contribution is 5.87. The molecule has 2 heterocycles. The molecular weight excluding hydrogens is 182 g/mol. The van der Waals surface area contributed by atoms with Gasteiger partial charge in [-0.15, -0.1) is 0 Å². The van der Waals surface area contributed by atoms with E-state index >= 15 is 0 Å². The number of hydrogen-bond acceptors (Lipinski definition) is 3. The molecule has 2 saturated heterocycles. The number of fused-ring (bicyclic) bond motifs is 1. The zero-order chi connectivity index (χ0) is 10.5. The van der Waals surface area contributed by atoms with Crippen molar-refractivity contribution in [3.8, 4) is 0 Å². The van der Waals surface area contributed by atoms with E-state index < -0.39 is 11.8 Å². The van der Waals surface area contributed by atoms with Gasteiger partial charge >= 0.3 is 0 Å². The van der Waals surface area contributed by atoms with E-state index in [4.69, 9.17) is 4.74 Å². The summed E-state index contributed by atoms with van der Waals surface area (Å²) in [5.41, 5.74) is -0.495. The highest BCUT2D eigenvalue weighted by atomic mass is 16.5. The first-order chi connectivity index (χ1) is 6.45. The van der Waals surface area contributed by atoms with Gasteiger partial charge in [0.25, 0.3) is 0 Å². The molecule has 2 fully saturated rings. The summed E-state index contributed by atoms with van der Waals surface area (Å²) in [4.78, 5) is 13.5. The summed E-state index contributed by atoms with van der Waals surface area (Å²) in [6.07, 6.45) is 0.294. The Morgan fingerprint density at radius 3 is 2.86 bits per heavy atom. The molecule has 0 bridgehead atoms. The van der Waals surface area contributed by atoms with Gasteiger partial charge in [-0.1, -0.05) is 0 Å². The molecule has 2 rings (SSSR count). The summed E-state index contributed by atoms with van der Waals surface area (Å²) >= 11 is 0. The molecule has 1 amide bonds. The molecule has 4 heteroatoms. The molecule has 0 radical (unpaired) electrons. The molecule has 1 N–H and O–H groups in total. The molecule has 0 aromatic rings. The maximum absolute atomic E-state index is 11.7. The minimum atomic E-state index is -0.544. The monoisotopic (exact) mass is 199 g/mol. The Morgan fingerprint density at radius 2 is 2.29 bits per heavy atom. The average Bonchev–Trinajstić information content (AvgIpc) is 1.99. The Balaban J connectivity index is 2.17. The number of rotatable bonds is 1.